The Morgan fingerprint density at radius 3 is 1.69 bits per heavy atom. The van der Waals surface area contributed by atoms with Gasteiger partial charge in [-0.2, -0.15) is 0 Å². The largest absolute Gasteiger partial charge is 0.493 e. The van der Waals surface area contributed by atoms with Crippen LogP contribution in [-0.4, -0.2) is 95.3 Å². The van der Waals surface area contributed by atoms with Crippen LogP contribution < -0.4 is 58.6 Å². The highest BCUT2D eigenvalue weighted by Crippen LogP contribution is 2.45. The number of anilines is 1. The van der Waals surface area contributed by atoms with E-state index in [-0.39, 0.29) is 19.1 Å². The molecule has 0 bridgehead atoms. The van der Waals surface area contributed by atoms with Crippen LogP contribution in [0.25, 0.3) is 22.3 Å². The zero-order valence-corrected chi connectivity index (χ0v) is 43.2. The first-order valence-corrected chi connectivity index (χ1v) is 24.3. The molecule has 0 saturated heterocycles. The fourth-order valence-corrected chi connectivity index (χ4v) is 10.5. The topological polar surface area (TPSA) is 232 Å². The summed E-state index contributed by atoms with van der Waals surface area (Å²) in [5, 5.41) is 9.61. The van der Waals surface area contributed by atoms with Crippen LogP contribution in [0, 0.1) is 5.41 Å². The second-order valence-electron chi connectivity index (χ2n) is 15.0. The molecule has 4 aromatic heterocycles. The minimum absolute atomic E-state index is 0.133. The predicted octanol–water partition coefficient (Wildman–Crippen LogP) is 8.47. The molecule has 6 heterocycles. The summed E-state index contributed by atoms with van der Waals surface area (Å²) in [7, 11) is 9.55. The summed E-state index contributed by atoms with van der Waals surface area (Å²) in [4.78, 5) is 27.4. The minimum Gasteiger partial charge on any atom is -0.493 e. The van der Waals surface area contributed by atoms with E-state index >= 15 is 0 Å². The lowest BCUT2D eigenvalue weighted by Crippen LogP contribution is -2.13. The number of H-pyrrole nitrogens is 1. The van der Waals surface area contributed by atoms with E-state index in [9.17, 15) is 0 Å². The molecule has 24 heteroatoms. The van der Waals surface area contributed by atoms with Gasteiger partial charge < -0.3 is 67.2 Å². The van der Waals surface area contributed by atoms with Crippen LogP contribution in [0.4, 0.5) is 5.82 Å². The molecular formula is C46H44Br2N10O10S2. The van der Waals surface area contributed by atoms with E-state index in [2.05, 4.69) is 51.8 Å². The molecule has 8 aromatic rings. The number of nitrogens with two attached hydrogens (primary N) is 1. The van der Waals surface area contributed by atoms with Gasteiger partial charge in [0.05, 0.1) is 49.0 Å². The molecule has 364 valence electrons. The monoisotopic (exact) mass is 1120 g/mol. The molecule has 0 fully saturated rings. The van der Waals surface area contributed by atoms with Gasteiger partial charge in [0.2, 0.25) is 25.1 Å². The third kappa shape index (κ3) is 9.85. The molecule has 20 nitrogen and oxygen atoms in total. The maximum absolute atomic E-state index is 8.25. The number of ether oxygens (including phenoxy) is 10. The Balaban J connectivity index is 0.000000174. The SMILES string of the molecule is COc1cc(CCn2c(Sc3cc4c(cc3Br)OCO4)nc3c(N)ncnc32)cc(OC)c1OC.COc1cc(CCn2cnc(=N)c3[nH]c(Sc4cc5c(cc4Br)OCO5)nc32)cc(OC)c1OC. The number of imidazole rings is 2. The van der Waals surface area contributed by atoms with Crippen LogP contribution in [0.2, 0.25) is 0 Å². The van der Waals surface area contributed by atoms with Crippen LogP contribution in [0.3, 0.4) is 0 Å². The van der Waals surface area contributed by atoms with Gasteiger partial charge in [0.1, 0.15) is 11.8 Å². The first-order valence-electron chi connectivity index (χ1n) is 21.1. The number of methoxy groups -OCH3 is 6. The van der Waals surface area contributed by atoms with Gasteiger partial charge in [0.15, 0.2) is 84.4 Å². The normalized spacial score (nSPS) is 12.2. The van der Waals surface area contributed by atoms with Crippen LogP contribution in [0.5, 0.6) is 57.5 Å². The molecule has 0 aliphatic carbocycles. The van der Waals surface area contributed by atoms with Crippen molar-refractivity contribution in [3.05, 3.63) is 86.7 Å². The standard InChI is InChI=1S/2C23H22BrN5O5S/c1-30-16-6-12(7-17(31-2)20(16)32-3)4-5-29-10-26-21(25)19-22(29)28-23(27-19)35-18-9-15-14(8-13(18)24)33-11-34-15;1-30-16-6-12(7-17(31-2)20(16)32-3)4-5-29-22-19(21(25)26-10-27-22)28-23(29)35-18-9-15-14(8-13(18)24)33-11-34-15/h6-10,25H,4-5,11H2,1-3H3,(H,27,28);6-10H,4-5,11H2,1-3H3,(H2,25,26,27). The van der Waals surface area contributed by atoms with Crippen LogP contribution in [0.1, 0.15) is 11.1 Å². The van der Waals surface area contributed by atoms with Crippen molar-refractivity contribution in [3.8, 4) is 57.5 Å². The number of nitrogens with zero attached hydrogens (tertiary/aromatic N) is 7. The van der Waals surface area contributed by atoms with E-state index in [4.69, 9.17) is 68.5 Å². The molecule has 10 rings (SSSR count). The molecule has 0 unspecified atom stereocenters. The highest BCUT2D eigenvalue weighted by atomic mass is 79.9. The number of nitrogen functional groups attached to an aromatic ring is 1. The number of halogens is 2. The first kappa shape index (κ1) is 48.3. The summed E-state index contributed by atoms with van der Waals surface area (Å²) in [6.07, 6.45) is 4.40. The Labute approximate surface area is 425 Å². The molecule has 0 amide bonds. The number of aryl methyl sites for hydroxylation is 4. The van der Waals surface area contributed by atoms with Gasteiger partial charge in [-0.05, 0) is 104 Å². The molecule has 0 saturated carbocycles. The van der Waals surface area contributed by atoms with Crippen molar-refractivity contribution in [2.75, 3.05) is 62.0 Å². The molecule has 2 aliphatic heterocycles. The van der Waals surface area contributed by atoms with Crippen molar-refractivity contribution in [3.63, 3.8) is 0 Å². The lowest BCUT2D eigenvalue weighted by atomic mass is 10.1. The van der Waals surface area contributed by atoms with E-state index in [1.54, 1.807) is 49.0 Å². The number of hydrogen-bond acceptors (Lipinski definition) is 19. The van der Waals surface area contributed by atoms with Gasteiger partial charge in [-0.3, -0.25) is 5.41 Å². The van der Waals surface area contributed by atoms with E-state index in [0.29, 0.717) is 117 Å². The predicted molar refractivity (Wildman–Crippen MR) is 266 cm³/mol. The van der Waals surface area contributed by atoms with Gasteiger partial charge in [0.25, 0.3) is 0 Å². The first-order chi connectivity index (χ1) is 34.0. The smallest absolute Gasteiger partial charge is 0.231 e. The highest BCUT2D eigenvalue weighted by molar-refractivity contribution is 9.10. The number of aromatic amines is 1. The van der Waals surface area contributed by atoms with E-state index in [1.165, 1.54) is 29.9 Å². The third-order valence-corrected chi connectivity index (χ3v) is 14.8. The maximum atomic E-state index is 8.25. The molecule has 0 radical (unpaired) electrons. The molecule has 70 heavy (non-hydrogen) atoms. The Morgan fingerprint density at radius 1 is 0.643 bits per heavy atom. The number of nitrogens with one attached hydrogen (secondary N) is 2. The Kier molecular flexibility index (Phi) is 14.5. The summed E-state index contributed by atoms with van der Waals surface area (Å²) in [6, 6.07) is 15.3. The van der Waals surface area contributed by atoms with Crippen molar-refractivity contribution in [1.82, 2.24) is 39.0 Å². The molecule has 2 aliphatic rings. The number of aromatic nitrogens is 8. The quantitative estimate of drug-likeness (QED) is 0.0823. The van der Waals surface area contributed by atoms with Gasteiger partial charge in [-0.25, -0.2) is 24.9 Å². The van der Waals surface area contributed by atoms with Crippen molar-refractivity contribution < 1.29 is 47.4 Å². The average molecular weight is 1120 g/mol. The van der Waals surface area contributed by atoms with Gasteiger partial charge in [-0.15, -0.1) is 0 Å². The van der Waals surface area contributed by atoms with E-state index in [1.807, 2.05) is 57.7 Å². The number of benzene rings is 4. The Hall–Kier alpha value is -6.76. The summed E-state index contributed by atoms with van der Waals surface area (Å²) < 4.78 is 60.4. The molecule has 4 aromatic carbocycles. The molecular weight excluding hydrogens is 1080 g/mol. The fraction of sp³-hybridized carbons (Fsp3) is 0.261. The molecule has 0 atom stereocenters. The number of fused-ring (bicyclic) bond motifs is 4. The summed E-state index contributed by atoms with van der Waals surface area (Å²) in [5.41, 5.74) is 10.7. The second kappa shape index (κ2) is 21.1. The highest BCUT2D eigenvalue weighted by Gasteiger charge is 2.23. The van der Waals surface area contributed by atoms with Crippen molar-refractivity contribution in [2.24, 2.45) is 0 Å². The van der Waals surface area contributed by atoms with Crippen LogP contribution in [0.15, 0.2) is 90.2 Å². The average Bonchev–Trinajstić information content (AvgIpc) is 4.20. The zero-order chi connectivity index (χ0) is 49.1. The number of hydrogen-bond donors (Lipinski definition) is 3. The second-order valence-corrected chi connectivity index (χ2v) is 18.8. The van der Waals surface area contributed by atoms with Crippen molar-refractivity contribution in [2.45, 2.75) is 46.0 Å². The minimum atomic E-state index is 0.133. The summed E-state index contributed by atoms with van der Waals surface area (Å²) in [6.45, 7) is 1.58. The summed E-state index contributed by atoms with van der Waals surface area (Å²) in [5.74, 6) is 6.62. The zero-order valence-electron chi connectivity index (χ0n) is 38.4. The van der Waals surface area contributed by atoms with Gasteiger partial charge in [0, 0.05) is 31.8 Å². The number of rotatable bonds is 16. The molecule has 0 spiro atoms. The van der Waals surface area contributed by atoms with Crippen molar-refractivity contribution >= 4 is 83.5 Å². The van der Waals surface area contributed by atoms with Gasteiger partial charge in [-0.1, -0.05) is 23.5 Å². The lowest BCUT2D eigenvalue weighted by Gasteiger charge is -2.15. The molecule has 4 N–H and O–H groups in total. The van der Waals surface area contributed by atoms with E-state index < -0.39 is 0 Å². The van der Waals surface area contributed by atoms with Gasteiger partial charge >= 0.3 is 0 Å². The summed E-state index contributed by atoms with van der Waals surface area (Å²) >= 11 is 10.1. The Bertz CT molecular complexity index is 3270. The van der Waals surface area contributed by atoms with Crippen molar-refractivity contribution in [1.29, 1.82) is 5.41 Å². The van der Waals surface area contributed by atoms with E-state index in [0.717, 1.165) is 35.0 Å². The Morgan fingerprint density at radius 2 is 1.16 bits per heavy atom. The van der Waals surface area contributed by atoms with Crippen LogP contribution >= 0.6 is 55.4 Å². The fourth-order valence-electron chi connectivity index (χ4n) is 7.59. The van der Waals surface area contributed by atoms with Crippen LogP contribution in [-0.2, 0) is 25.9 Å². The maximum Gasteiger partial charge on any atom is 0.231 e. The third-order valence-electron chi connectivity index (χ3n) is 11.0. The lowest BCUT2D eigenvalue weighted by molar-refractivity contribution is 0.173.